The van der Waals surface area contributed by atoms with Crippen LogP contribution in [-0.4, -0.2) is 17.1 Å². The van der Waals surface area contributed by atoms with Crippen LogP contribution in [0.25, 0.3) is 0 Å². The van der Waals surface area contributed by atoms with E-state index in [4.69, 9.17) is 10.8 Å². The van der Waals surface area contributed by atoms with Gasteiger partial charge in [-0.25, -0.2) is 0 Å². The van der Waals surface area contributed by atoms with E-state index in [-0.39, 0.29) is 0 Å². The molecule has 3 rings (SSSR count). The maximum Gasteiger partial charge on any atom is 0.320 e. The summed E-state index contributed by atoms with van der Waals surface area (Å²) in [5, 5.41) is 8.74. The van der Waals surface area contributed by atoms with E-state index >= 15 is 0 Å². The van der Waals surface area contributed by atoms with Crippen LogP contribution < -0.4 is 5.73 Å². The monoisotopic (exact) mass is 195 g/mol. The SMILES string of the molecule is N[C@@H](CC1CC2C=CC1CC2)C(=O)O. The Morgan fingerprint density at radius 2 is 2.29 bits per heavy atom. The minimum atomic E-state index is -0.865. The average Bonchev–Trinajstić information content (AvgIpc) is 2.19. The minimum absolute atomic E-state index is 0.504. The Morgan fingerprint density at radius 3 is 2.71 bits per heavy atom. The molecular weight excluding hydrogens is 178 g/mol. The van der Waals surface area contributed by atoms with Gasteiger partial charge < -0.3 is 10.8 Å². The Morgan fingerprint density at radius 1 is 1.50 bits per heavy atom. The number of nitrogens with two attached hydrogens (primary N) is 1. The van der Waals surface area contributed by atoms with Crippen LogP contribution in [0.15, 0.2) is 12.2 Å². The molecular formula is C11H17NO2. The fourth-order valence-electron chi connectivity index (χ4n) is 2.75. The van der Waals surface area contributed by atoms with Crippen LogP contribution in [0.5, 0.6) is 0 Å². The maximum atomic E-state index is 10.6. The molecule has 78 valence electrons. The lowest BCUT2D eigenvalue weighted by Crippen LogP contribution is -2.37. The summed E-state index contributed by atoms with van der Waals surface area (Å²) in [5.41, 5.74) is 5.56. The highest BCUT2D eigenvalue weighted by molar-refractivity contribution is 5.73. The Hall–Kier alpha value is -0.830. The number of carboxylic acid groups (broad SMARTS) is 1. The number of hydrogen-bond donors (Lipinski definition) is 2. The van der Waals surface area contributed by atoms with Crippen molar-refractivity contribution in [3.63, 3.8) is 0 Å². The Balaban J connectivity index is 1.94. The predicted octanol–water partition coefficient (Wildman–Crippen LogP) is 1.39. The van der Waals surface area contributed by atoms with Crippen LogP contribution in [0.4, 0.5) is 0 Å². The van der Waals surface area contributed by atoms with Crippen molar-refractivity contribution in [3.05, 3.63) is 12.2 Å². The van der Waals surface area contributed by atoms with Crippen molar-refractivity contribution < 1.29 is 9.90 Å². The molecule has 1 saturated carbocycles. The molecule has 0 aromatic carbocycles. The molecule has 0 aromatic heterocycles. The third-order valence-electron chi connectivity index (χ3n) is 3.59. The van der Waals surface area contributed by atoms with E-state index in [1.165, 1.54) is 12.8 Å². The Labute approximate surface area is 84.0 Å². The van der Waals surface area contributed by atoms with Crippen molar-refractivity contribution in [2.24, 2.45) is 23.5 Å². The first-order valence-corrected chi connectivity index (χ1v) is 5.33. The first-order valence-electron chi connectivity index (χ1n) is 5.33. The van der Waals surface area contributed by atoms with Gasteiger partial charge in [0.2, 0.25) is 0 Å². The lowest BCUT2D eigenvalue weighted by molar-refractivity contribution is -0.139. The largest absolute Gasteiger partial charge is 0.480 e. The van der Waals surface area contributed by atoms with Gasteiger partial charge in [-0.1, -0.05) is 12.2 Å². The van der Waals surface area contributed by atoms with Gasteiger partial charge in [0.1, 0.15) is 6.04 Å². The molecule has 0 saturated heterocycles. The summed E-state index contributed by atoms with van der Waals surface area (Å²) in [4.78, 5) is 10.6. The second kappa shape index (κ2) is 3.73. The standard InChI is InChI=1S/C11H17NO2/c12-10(11(13)14)6-9-5-7-1-3-8(9)4-2-7/h1,3,7-10H,2,4-6,12H2,(H,13,14)/t7?,8?,9?,10-/m0/s1. The third kappa shape index (κ3) is 1.82. The molecule has 1 fully saturated rings. The fraction of sp³-hybridized carbons (Fsp3) is 0.727. The molecule has 2 bridgehead atoms. The molecule has 3 aliphatic carbocycles. The van der Waals surface area contributed by atoms with Gasteiger partial charge in [-0.3, -0.25) is 4.79 Å². The number of carboxylic acids is 1. The van der Waals surface area contributed by atoms with Gasteiger partial charge in [0.25, 0.3) is 0 Å². The Bertz CT molecular complexity index is 262. The maximum absolute atomic E-state index is 10.6. The molecule has 3 unspecified atom stereocenters. The molecule has 0 heterocycles. The molecule has 0 radical (unpaired) electrons. The summed E-state index contributed by atoms with van der Waals surface area (Å²) in [5.74, 6) is 0.914. The number of allylic oxidation sites excluding steroid dienone is 2. The first kappa shape index (κ1) is 9.71. The van der Waals surface area contributed by atoms with Crippen LogP contribution in [0.2, 0.25) is 0 Å². The number of hydrogen-bond acceptors (Lipinski definition) is 2. The molecule has 0 amide bonds. The number of fused-ring (bicyclic) bond motifs is 2. The summed E-state index contributed by atoms with van der Waals surface area (Å²) in [6.07, 6.45) is 8.83. The highest BCUT2D eigenvalue weighted by Crippen LogP contribution is 2.42. The van der Waals surface area contributed by atoms with Crippen molar-refractivity contribution in [2.75, 3.05) is 0 Å². The molecule has 3 nitrogen and oxygen atoms in total. The van der Waals surface area contributed by atoms with E-state index in [9.17, 15) is 4.79 Å². The van der Waals surface area contributed by atoms with E-state index in [1.807, 2.05) is 0 Å². The van der Waals surface area contributed by atoms with Crippen LogP contribution in [0, 0.1) is 17.8 Å². The molecule has 0 spiro atoms. The molecule has 0 aliphatic heterocycles. The van der Waals surface area contributed by atoms with E-state index < -0.39 is 12.0 Å². The van der Waals surface area contributed by atoms with Gasteiger partial charge in [-0.15, -0.1) is 0 Å². The van der Waals surface area contributed by atoms with Crippen molar-refractivity contribution in [3.8, 4) is 0 Å². The molecule has 4 atom stereocenters. The van der Waals surface area contributed by atoms with E-state index in [1.54, 1.807) is 0 Å². The van der Waals surface area contributed by atoms with E-state index in [0.717, 1.165) is 6.42 Å². The van der Waals surface area contributed by atoms with Gasteiger partial charge in [0, 0.05) is 0 Å². The molecule has 3 aliphatic rings. The van der Waals surface area contributed by atoms with Gasteiger partial charge in [-0.2, -0.15) is 0 Å². The number of carbonyl (C=O) groups is 1. The lowest BCUT2D eigenvalue weighted by atomic mass is 9.67. The van der Waals surface area contributed by atoms with Crippen molar-refractivity contribution >= 4 is 5.97 Å². The van der Waals surface area contributed by atoms with Gasteiger partial charge in [0.15, 0.2) is 0 Å². The zero-order valence-electron chi connectivity index (χ0n) is 8.23. The molecule has 0 aromatic rings. The van der Waals surface area contributed by atoms with Crippen LogP contribution in [0.3, 0.4) is 0 Å². The topological polar surface area (TPSA) is 63.3 Å². The second-order valence-electron chi connectivity index (χ2n) is 4.56. The minimum Gasteiger partial charge on any atom is -0.480 e. The average molecular weight is 195 g/mol. The highest BCUT2D eigenvalue weighted by Gasteiger charge is 2.33. The van der Waals surface area contributed by atoms with Gasteiger partial charge in [-0.05, 0) is 43.4 Å². The van der Waals surface area contributed by atoms with Gasteiger partial charge >= 0.3 is 5.97 Å². The number of aliphatic carboxylic acids is 1. The third-order valence-corrected chi connectivity index (χ3v) is 3.59. The molecule has 3 N–H and O–H groups in total. The highest BCUT2D eigenvalue weighted by atomic mass is 16.4. The summed E-state index contributed by atoms with van der Waals surface area (Å²) in [7, 11) is 0. The van der Waals surface area contributed by atoms with E-state index in [2.05, 4.69) is 12.2 Å². The summed E-state index contributed by atoms with van der Waals surface area (Å²) >= 11 is 0. The van der Waals surface area contributed by atoms with Crippen LogP contribution in [-0.2, 0) is 4.79 Å². The normalized spacial score (nSPS) is 37.1. The molecule has 3 heteroatoms. The Kier molecular flexibility index (Phi) is 2.59. The predicted molar refractivity (Wildman–Crippen MR) is 53.7 cm³/mol. The summed E-state index contributed by atoms with van der Waals surface area (Å²) < 4.78 is 0. The summed E-state index contributed by atoms with van der Waals surface area (Å²) in [6.45, 7) is 0. The second-order valence-corrected chi connectivity index (χ2v) is 4.56. The quantitative estimate of drug-likeness (QED) is 0.669. The lowest BCUT2D eigenvalue weighted by Gasteiger charge is -2.38. The zero-order valence-corrected chi connectivity index (χ0v) is 8.23. The van der Waals surface area contributed by atoms with Crippen molar-refractivity contribution in [1.82, 2.24) is 0 Å². The smallest absolute Gasteiger partial charge is 0.320 e. The zero-order chi connectivity index (χ0) is 10.1. The van der Waals surface area contributed by atoms with Crippen molar-refractivity contribution in [2.45, 2.75) is 31.7 Å². The number of rotatable bonds is 3. The van der Waals surface area contributed by atoms with Crippen LogP contribution in [0.1, 0.15) is 25.7 Å². The molecule has 14 heavy (non-hydrogen) atoms. The van der Waals surface area contributed by atoms with Crippen LogP contribution >= 0.6 is 0 Å². The summed E-state index contributed by atoms with van der Waals surface area (Å²) in [6, 6.07) is -0.673. The first-order chi connectivity index (χ1) is 6.66. The van der Waals surface area contributed by atoms with E-state index in [0.29, 0.717) is 24.2 Å². The van der Waals surface area contributed by atoms with Gasteiger partial charge in [0.05, 0.1) is 0 Å². The fourth-order valence-corrected chi connectivity index (χ4v) is 2.75. The van der Waals surface area contributed by atoms with Crippen molar-refractivity contribution in [1.29, 1.82) is 0 Å².